The number of benzene rings is 2. The maximum Gasteiger partial charge on any atom is 0.228 e. The van der Waals surface area contributed by atoms with E-state index >= 15 is 0 Å². The molecule has 2 fully saturated rings. The molecule has 0 aromatic heterocycles. The van der Waals surface area contributed by atoms with E-state index in [0.29, 0.717) is 39.3 Å². The fourth-order valence-electron chi connectivity index (χ4n) is 3.59. The van der Waals surface area contributed by atoms with Crippen LogP contribution >= 0.6 is 0 Å². The normalized spacial score (nSPS) is 21.5. The number of amides is 2. The first-order chi connectivity index (χ1) is 11.7. The highest BCUT2D eigenvalue weighted by Gasteiger charge is 2.37. The van der Waals surface area contributed by atoms with Crippen molar-refractivity contribution in [3.8, 4) is 0 Å². The van der Waals surface area contributed by atoms with Crippen LogP contribution in [0.25, 0.3) is 10.8 Å². The maximum absolute atomic E-state index is 12.7. The summed E-state index contributed by atoms with van der Waals surface area (Å²) in [6, 6.07) is 14.0. The summed E-state index contributed by atoms with van der Waals surface area (Å²) >= 11 is 0. The average molecular weight is 324 g/mol. The molecule has 0 radical (unpaired) electrons. The van der Waals surface area contributed by atoms with E-state index in [0.717, 1.165) is 16.5 Å². The molecule has 2 saturated heterocycles. The summed E-state index contributed by atoms with van der Waals surface area (Å²) in [5.74, 6) is -0.151. The van der Waals surface area contributed by atoms with Gasteiger partial charge in [0, 0.05) is 31.4 Å². The van der Waals surface area contributed by atoms with Gasteiger partial charge < -0.3 is 14.5 Å². The highest BCUT2D eigenvalue weighted by Crippen LogP contribution is 2.32. The fraction of sp³-hybridized carbons (Fsp3) is 0.368. The number of anilines is 1. The molecule has 0 unspecified atom stereocenters. The van der Waals surface area contributed by atoms with E-state index in [-0.39, 0.29) is 17.7 Å². The van der Waals surface area contributed by atoms with E-state index in [2.05, 4.69) is 0 Å². The summed E-state index contributed by atoms with van der Waals surface area (Å²) < 4.78 is 5.30. The molecular weight excluding hydrogens is 304 g/mol. The Balaban J connectivity index is 1.58. The third-order valence-electron chi connectivity index (χ3n) is 4.85. The van der Waals surface area contributed by atoms with Crippen LogP contribution in [0.1, 0.15) is 6.42 Å². The zero-order chi connectivity index (χ0) is 16.5. The van der Waals surface area contributed by atoms with Gasteiger partial charge in [0.2, 0.25) is 11.8 Å². The van der Waals surface area contributed by atoms with E-state index in [1.54, 1.807) is 4.90 Å². The molecule has 24 heavy (non-hydrogen) atoms. The second kappa shape index (κ2) is 6.24. The molecule has 1 atom stereocenters. The average Bonchev–Trinajstić information content (AvgIpc) is 3.03. The molecule has 5 nitrogen and oxygen atoms in total. The topological polar surface area (TPSA) is 49.9 Å². The molecule has 0 bridgehead atoms. The summed E-state index contributed by atoms with van der Waals surface area (Å²) in [5.41, 5.74) is 0.898. The molecular formula is C19H20N2O3. The highest BCUT2D eigenvalue weighted by molar-refractivity contribution is 6.06. The first kappa shape index (κ1) is 15.1. The monoisotopic (exact) mass is 324 g/mol. The number of ether oxygens (including phenoxy) is 1. The van der Waals surface area contributed by atoms with E-state index in [9.17, 15) is 9.59 Å². The van der Waals surface area contributed by atoms with Gasteiger partial charge in [-0.3, -0.25) is 9.59 Å². The van der Waals surface area contributed by atoms with E-state index in [4.69, 9.17) is 4.74 Å². The number of nitrogens with zero attached hydrogens (tertiary/aromatic N) is 2. The van der Waals surface area contributed by atoms with Crippen LogP contribution in [-0.2, 0) is 14.3 Å². The van der Waals surface area contributed by atoms with Crippen molar-refractivity contribution in [1.29, 1.82) is 0 Å². The summed E-state index contributed by atoms with van der Waals surface area (Å²) in [7, 11) is 0. The Labute approximate surface area is 140 Å². The molecule has 5 heteroatoms. The molecule has 2 amide bonds. The van der Waals surface area contributed by atoms with Gasteiger partial charge in [0.15, 0.2) is 0 Å². The maximum atomic E-state index is 12.7. The zero-order valence-corrected chi connectivity index (χ0v) is 13.5. The predicted octanol–water partition coefficient (Wildman–Crippen LogP) is 2.05. The van der Waals surface area contributed by atoms with Gasteiger partial charge in [-0.25, -0.2) is 0 Å². The van der Waals surface area contributed by atoms with Crippen LogP contribution in [-0.4, -0.2) is 49.6 Å². The Morgan fingerprint density at radius 1 is 1.04 bits per heavy atom. The van der Waals surface area contributed by atoms with Crippen molar-refractivity contribution in [1.82, 2.24) is 4.90 Å². The van der Waals surface area contributed by atoms with Crippen LogP contribution < -0.4 is 4.90 Å². The minimum Gasteiger partial charge on any atom is -0.378 e. The highest BCUT2D eigenvalue weighted by atomic mass is 16.5. The summed E-state index contributed by atoms with van der Waals surface area (Å²) in [6.07, 6.45) is 0.291. The van der Waals surface area contributed by atoms with Gasteiger partial charge in [-0.2, -0.15) is 0 Å². The number of hydrogen-bond acceptors (Lipinski definition) is 3. The van der Waals surface area contributed by atoms with E-state index in [1.807, 2.05) is 47.4 Å². The van der Waals surface area contributed by atoms with Crippen molar-refractivity contribution >= 4 is 28.3 Å². The zero-order valence-electron chi connectivity index (χ0n) is 13.5. The van der Waals surface area contributed by atoms with Gasteiger partial charge in [-0.05, 0) is 11.5 Å². The number of rotatable bonds is 2. The third-order valence-corrected chi connectivity index (χ3v) is 4.85. The molecule has 2 aliphatic heterocycles. The number of morpholine rings is 1. The van der Waals surface area contributed by atoms with E-state index < -0.39 is 0 Å². The Kier molecular flexibility index (Phi) is 3.94. The Morgan fingerprint density at radius 2 is 1.79 bits per heavy atom. The van der Waals surface area contributed by atoms with Gasteiger partial charge in [0.25, 0.3) is 0 Å². The quantitative estimate of drug-likeness (QED) is 0.849. The standard InChI is InChI=1S/C19H20N2O3/c22-18-12-15(19(23)20-8-10-24-11-9-20)13-21(18)17-7-3-5-14-4-1-2-6-16(14)17/h1-7,15H,8-13H2/t15-/m0/s1. The molecule has 2 aromatic rings. The summed E-state index contributed by atoms with van der Waals surface area (Å²) in [6.45, 7) is 2.87. The van der Waals surface area contributed by atoms with Crippen molar-refractivity contribution in [3.63, 3.8) is 0 Å². The second-order valence-electron chi connectivity index (χ2n) is 6.34. The third kappa shape index (κ3) is 2.65. The lowest BCUT2D eigenvalue weighted by molar-refractivity contribution is -0.139. The van der Waals surface area contributed by atoms with Gasteiger partial charge in [-0.1, -0.05) is 36.4 Å². The fourth-order valence-corrected chi connectivity index (χ4v) is 3.59. The van der Waals surface area contributed by atoms with Crippen LogP contribution in [0.5, 0.6) is 0 Å². The number of carbonyl (C=O) groups excluding carboxylic acids is 2. The minimum absolute atomic E-state index is 0.0259. The summed E-state index contributed by atoms with van der Waals surface area (Å²) in [5, 5.41) is 2.15. The lowest BCUT2D eigenvalue weighted by Crippen LogP contribution is -2.44. The van der Waals surface area contributed by atoms with Gasteiger partial charge in [0.1, 0.15) is 0 Å². The Bertz CT molecular complexity index is 778. The van der Waals surface area contributed by atoms with Crippen molar-refractivity contribution in [2.75, 3.05) is 37.7 Å². The number of hydrogen-bond donors (Lipinski definition) is 0. The molecule has 2 aromatic carbocycles. The lowest BCUT2D eigenvalue weighted by atomic mass is 10.1. The smallest absolute Gasteiger partial charge is 0.228 e. The van der Waals surface area contributed by atoms with Crippen molar-refractivity contribution in [2.24, 2.45) is 5.92 Å². The molecule has 2 heterocycles. The first-order valence-corrected chi connectivity index (χ1v) is 8.39. The van der Waals surface area contributed by atoms with Crippen molar-refractivity contribution in [2.45, 2.75) is 6.42 Å². The van der Waals surface area contributed by atoms with Crippen molar-refractivity contribution < 1.29 is 14.3 Å². The largest absolute Gasteiger partial charge is 0.378 e. The predicted molar refractivity (Wildman–Crippen MR) is 91.8 cm³/mol. The van der Waals surface area contributed by atoms with Crippen LogP contribution in [0.15, 0.2) is 42.5 Å². The van der Waals surface area contributed by atoms with Gasteiger partial charge >= 0.3 is 0 Å². The molecule has 4 rings (SSSR count). The molecule has 0 spiro atoms. The van der Waals surface area contributed by atoms with Crippen LogP contribution in [0.4, 0.5) is 5.69 Å². The molecule has 2 aliphatic rings. The van der Waals surface area contributed by atoms with Crippen molar-refractivity contribution in [3.05, 3.63) is 42.5 Å². The molecule has 0 aliphatic carbocycles. The summed E-state index contributed by atoms with van der Waals surface area (Å²) in [4.78, 5) is 28.8. The number of fused-ring (bicyclic) bond motifs is 1. The molecule has 0 saturated carbocycles. The molecule has 124 valence electrons. The Morgan fingerprint density at radius 3 is 2.62 bits per heavy atom. The van der Waals surface area contributed by atoms with Gasteiger partial charge in [0.05, 0.1) is 24.8 Å². The molecule has 0 N–H and O–H groups in total. The SMILES string of the molecule is O=C([C@H]1CC(=O)N(c2cccc3ccccc23)C1)N1CCOCC1. The van der Waals surface area contributed by atoms with Crippen LogP contribution in [0, 0.1) is 5.92 Å². The first-order valence-electron chi connectivity index (χ1n) is 8.39. The van der Waals surface area contributed by atoms with Gasteiger partial charge in [-0.15, -0.1) is 0 Å². The number of carbonyl (C=O) groups is 2. The minimum atomic E-state index is -0.255. The van der Waals surface area contributed by atoms with Crippen LogP contribution in [0.2, 0.25) is 0 Å². The van der Waals surface area contributed by atoms with E-state index in [1.165, 1.54) is 0 Å². The second-order valence-corrected chi connectivity index (χ2v) is 6.34. The van der Waals surface area contributed by atoms with Crippen LogP contribution in [0.3, 0.4) is 0 Å². The lowest BCUT2D eigenvalue weighted by Gasteiger charge is -2.29. The Hall–Kier alpha value is -2.40.